The fourth-order valence-corrected chi connectivity index (χ4v) is 3.89. The summed E-state index contributed by atoms with van der Waals surface area (Å²) in [5, 5.41) is 10.1. The van der Waals surface area contributed by atoms with Crippen molar-refractivity contribution < 1.29 is 14.6 Å². The molecule has 2 aromatic rings. The van der Waals surface area contributed by atoms with E-state index in [1.165, 1.54) is 11.3 Å². The predicted octanol–water partition coefficient (Wildman–Crippen LogP) is 3.84. The summed E-state index contributed by atoms with van der Waals surface area (Å²) in [4.78, 5) is 22.7. The minimum absolute atomic E-state index is 0.0524. The fraction of sp³-hybridized carbons (Fsp3) is 0.227. The SMILES string of the molecule is C/C=C\N(C(=O)c1cc2c(N(C)CCO)ccnc2s1)C1=CC=C=C(OC)C=C1. The van der Waals surface area contributed by atoms with Crippen molar-refractivity contribution in [1.29, 1.82) is 0 Å². The Bertz CT molecular complexity index is 1060. The molecule has 0 aromatic carbocycles. The van der Waals surface area contributed by atoms with E-state index in [9.17, 15) is 9.90 Å². The van der Waals surface area contributed by atoms with Crippen LogP contribution in [0.15, 0.2) is 72.1 Å². The molecule has 0 spiro atoms. The number of nitrogens with zero attached hydrogens (tertiary/aromatic N) is 3. The highest BCUT2D eigenvalue weighted by molar-refractivity contribution is 7.20. The van der Waals surface area contributed by atoms with Crippen molar-refractivity contribution >= 4 is 33.1 Å². The molecule has 7 heteroatoms. The van der Waals surface area contributed by atoms with Crippen LogP contribution in [0.3, 0.4) is 0 Å². The lowest BCUT2D eigenvalue weighted by molar-refractivity contribution is 0.0865. The zero-order valence-corrected chi connectivity index (χ0v) is 17.4. The van der Waals surface area contributed by atoms with Crippen molar-refractivity contribution in [2.75, 3.05) is 32.2 Å². The zero-order valence-electron chi connectivity index (χ0n) is 16.6. The van der Waals surface area contributed by atoms with Crippen molar-refractivity contribution in [3.8, 4) is 0 Å². The van der Waals surface area contributed by atoms with Crippen LogP contribution in [-0.2, 0) is 4.74 Å². The molecule has 0 unspecified atom stereocenters. The summed E-state index contributed by atoms with van der Waals surface area (Å²) in [5.41, 5.74) is 4.64. The van der Waals surface area contributed by atoms with Gasteiger partial charge in [0, 0.05) is 42.8 Å². The number of methoxy groups -OCH3 is 1. The third kappa shape index (κ3) is 4.49. The van der Waals surface area contributed by atoms with Crippen molar-refractivity contribution in [3.63, 3.8) is 0 Å². The summed E-state index contributed by atoms with van der Waals surface area (Å²) in [7, 11) is 3.49. The van der Waals surface area contributed by atoms with Crippen LogP contribution in [0.2, 0.25) is 0 Å². The summed E-state index contributed by atoms with van der Waals surface area (Å²) in [6.07, 6.45) is 12.4. The number of fused-ring (bicyclic) bond motifs is 1. The Hall–Kier alpha value is -3.12. The lowest BCUT2D eigenvalue weighted by Gasteiger charge is -2.19. The third-order valence-electron chi connectivity index (χ3n) is 4.37. The smallest absolute Gasteiger partial charge is 0.272 e. The number of allylic oxidation sites excluding steroid dienone is 4. The molecule has 29 heavy (non-hydrogen) atoms. The Morgan fingerprint density at radius 3 is 2.97 bits per heavy atom. The highest BCUT2D eigenvalue weighted by Crippen LogP contribution is 2.32. The fourth-order valence-electron chi connectivity index (χ4n) is 2.94. The molecule has 150 valence electrons. The second-order valence-corrected chi connectivity index (χ2v) is 7.30. The Morgan fingerprint density at radius 2 is 2.24 bits per heavy atom. The van der Waals surface area contributed by atoms with E-state index in [0.29, 0.717) is 22.9 Å². The van der Waals surface area contributed by atoms with Gasteiger partial charge in [-0.25, -0.2) is 4.98 Å². The number of amides is 1. The molecular weight excluding hydrogens is 386 g/mol. The first-order valence-electron chi connectivity index (χ1n) is 9.15. The number of thiophene rings is 1. The summed E-state index contributed by atoms with van der Waals surface area (Å²) in [6, 6.07) is 3.76. The van der Waals surface area contributed by atoms with Gasteiger partial charge in [-0.1, -0.05) is 11.8 Å². The number of hydrogen-bond acceptors (Lipinski definition) is 6. The van der Waals surface area contributed by atoms with Gasteiger partial charge in [-0.3, -0.25) is 9.69 Å². The lowest BCUT2D eigenvalue weighted by Crippen LogP contribution is -2.23. The van der Waals surface area contributed by atoms with E-state index < -0.39 is 0 Å². The van der Waals surface area contributed by atoms with Crippen LogP contribution in [0.5, 0.6) is 0 Å². The van der Waals surface area contributed by atoms with Crippen LogP contribution in [0.4, 0.5) is 5.69 Å². The molecule has 1 aliphatic carbocycles. The van der Waals surface area contributed by atoms with E-state index in [1.54, 1.807) is 36.6 Å². The van der Waals surface area contributed by atoms with Gasteiger partial charge in [-0.15, -0.1) is 11.3 Å². The summed E-state index contributed by atoms with van der Waals surface area (Å²) in [5.74, 6) is 0.443. The Kier molecular flexibility index (Phi) is 6.67. The number of aliphatic hydroxyl groups excluding tert-OH is 1. The molecular formula is C22H23N3O3S. The van der Waals surface area contributed by atoms with Crippen molar-refractivity contribution in [3.05, 3.63) is 77.0 Å². The molecule has 0 saturated heterocycles. The minimum atomic E-state index is -0.146. The quantitative estimate of drug-likeness (QED) is 0.704. The second-order valence-electron chi connectivity index (χ2n) is 6.27. The van der Waals surface area contributed by atoms with Crippen molar-refractivity contribution in [1.82, 2.24) is 9.88 Å². The molecule has 3 rings (SSSR count). The Labute approximate surface area is 174 Å². The molecule has 0 atom stereocenters. The number of rotatable bonds is 7. The number of anilines is 1. The van der Waals surface area contributed by atoms with Gasteiger partial charge in [0.05, 0.1) is 18.6 Å². The summed E-state index contributed by atoms with van der Waals surface area (Å²) < 4.78 is 5.20. The van der Waals surface area contributed by atoms with Gasteiger partial charge in [-0.2, -0.15) is 0 Å². The first kappa shape index (κ1) is 20.6. The molecule has 6 nitrogen and oxygen atoms in total. The number of aromatic nitrogens is 1. The van der Waals surface area contributed by atoms with Gasteiger partial charge >= 0.3 is 0 Å². The molecule has 0 bridgehead atoms. The first-order chi connectivity index (χ1) is 14.1. The van der Waals surface area contributed by atoms with E-state index >= 15 is 0 Å². The third-order valence-corrected chi connectivity index (χ3v) is 5.40. The maximum absolute atomic E-state index is 13.3. The minimum Gasteiger partial charge on any atom is -0.489 e. The number of carbonyl (C=O) groups is 1. The number of hydrogen-bond donors (Lipinski definition) is 1. The van der Waals surface area contributed by atoms with E-state index in [2.05, 4.69) is 10.7 Å². The number of pyridine rings is 1. The standard InChI is InChI=1S/C22H23N3O3S/c1-4-12-25(16-6-5-7-17(28-3)9-8-16)22(27)20-15-18-19(24(2)13-14-26)10-11-23-21(18)29-20/h4-6,8-12,15,26H,13-14H2,1-3H3/b12-4-. The summed E-state index contributed by atoms with van der Waals surface area (Å²) >= 11 is 1.35. The average molecular weight is 410 g/mol. The van der Waals surface area contributed by atoms with Crippen LogP contribution < -0.4 is 4.90 Å². The summed E-state index contributed by atoms with van der Waals surface area (Å²) in [6.45, 7) is 2.42. The normalized spacial score (nSPS) is 13.4. The maximum Gasteiger partial charge on any atom is 0.272 e. The molecule has 1 aliphatic rings. The van der Waals surface area contributed by atoms with Gasteiger partial charge < -0.3 is 14.7 Å². The van der Waals surface area contributed by atoms with Gasteiger partial charge in [0.25, 0.3) is 5.91 Å². The highest BCUT2D eigenvalue weighted by atomic mass is 32.1. The molecule has 2 heterocycles. The number of ether oxygens (including phenoxy) is 1. The molecule has 1 amide bonds. The van der Waals surface area contributed by atoms with Crippen molar-refractivity contribution in [2.45, 2.75) is 6.92 Å². The number of carbonyl (C=O) groups excluding carboxylic acids is 1. The van der Waals surface area contributed by atoms with Crippen LogP contribution in [0, 0.1) is 0 Å². The number of aliphatic hydroxyl groups is 1. The monoisotopic (exact) mass is 409 g/mol. The van der Waals surface area contributed by atoms with Gasteiger partial charge in [-0.05, 0) is 43.4 Å². The Balaban J connectivity index is 1.97. The molecule has 1 N–H and O–H groups in total. The molecule has 0 aliphatic heterocycles. The number of likely N-dealkylation sites (N-methyl/N-ethyl adjacent to an activating group) is 1. The van der Waals surface area contributed by atoms with E-state index in [4.69, 9.17) is 4.74 Å². The zero-order chi connectivity index (χ0) is 20.8. The predicted molar refractivity (Wildman–Crippen MR) is 117 cm³/mol. The maximum atomic E-state index is 13.3. The van der Waals surface area contributed by atoms with E-state index in [0.717, 1.165) is 15.9 Å². The lowest BCUT2D eigenvalue weighted by atomic mass is 10.2. The van der Waals surface area contributed by atoms with E-state index in [1.807, 2.05) is 49.2 Å². The highest BCUT2D eigenvalue weighted by Gasteiger charge is 2.21. The van der Waals surface area contributed by atoms with Gasteiger partial charge in [0.2, 0.25) is 0 Å². The topological polar surface area (TPSA) is 65.9 Å². The second kappa shape index (κ2) is 9.39. The molecule has 0 fully saturated rings. The van der Waals surface area contributed by atoms with Crippen LogP contribution >= 0.6 is 11.3 Å². The first-order valence-corrected chi connectivity index (χ1v) is 9.96. The van der Waals surface area contributed by atoms with Crippen LogP contribution in [0.1, 0.15) is 16.6 Å². The largest absolute Gasteiger partial charge is 0.489 e. The Morgan fingerprint density at radius 1 is 1.41 bits per heavy atom. The molecule has 2 aromatic heterocycles. The van der Waals surface area contributed by atoms with Crippen LogP contribution in [-0.4, -0.2) is 48.2 Å². The van der Waals surface area contributed by atoms with E-state index in [-0.39, 0.29) is 12.5 Å². The van der Waals surface area contributed by atoms with Crippen molar-refractivity contribution in [2.24, 2.45) is 0 Å². The van der Waals surface area contributed by atoms with Crippen LogP contribution in [0.25, 0.3) is 10.2 Å². The molecule has 0 radical (unpaired) electrons. The van der Waals surface area contributed by atoms with Gasteiger partial charge in [0.1, 0.15) is 4.83 Å². The average Bonchev–Trinajstić information content (AvgIpc) is 3.03. The molecule has 0 saturated carbocycles. The van der Waals surface area contributed by atoms with Gasteiger partial charge in [0.15, 0.2) is 5.76 Å².